The Morgan fingerprint density at radius 3 is 2.46 bits per heavy atom. The number of hydrogen-bond donors (Lipinski definition) is 1. The van der Waals surface area contributed by atoms with E-state index in [-0.39, 0.29) is 4.90 Å². The third kappa shape index (κ3) is 5.19. The van der Waals surface area contributed by atoms with Crippen LogP contribution in [0.5, 0.6) is 0 Å². The van der Waals surface area contributed by atoms with Crippen LogP contribution in [-0.4, -0.2) is 72.2 Å². The third-order valence-electron chi connectivity index (χ3n) is 6.23. The van der Waals surface area contributed by atoms with Gasteiger partial charge in [-0.05, 0) is 49.0 Å². The number of rotatable bonds is 6. The van der Waals surface area contributed by atoms with Crippen LogP contribution in [0.3, 0.4) is 0 Å². The number of nitrogens with zero attached hydrogens (tertiary/aromatic N) is 5. The molecule has 0 spiro atoms. The van der Waals surface area contributed by atoms with Gasteiger partial charge in [0.1, 0.15) is 16.4 Å². The van der Waals surface area contributed by atoms with E-state index in [0.717, 1.165) is 50.1 Å². The minimum Gasteiger partial charge on any atom is -0.324 e. The van der Waals surface area contributed by atoms with Crippen molar-refractivity contribution in [3.05, 3.63) is 72.3 Å². The number of halogens is 1. The molecule has 182 valence electrons. The van der Waals surface area contributed by atoms with E-state index in [1.807, 2.05) is 18.2 Å². The highest BCUT2D eigenvalue weighted by molar-refractivity contribution is 7.90. The number of anilines is 2. The zero-order valence-corrected chi connectivity index (χ0v) is 20.5. The molecule has 1 aliphatic heterocycles. The van der Waals surface area contributed by atoms with Gasteiger partial charge < -0.3 is 14.8 Å². The highest BCUT2D eigenvalue weighted by atomic mass is 32.2. The average Bonchev–Trinajstić information content (AvgIpc) is 3.24. The molecular formula is C25H27FN6O2S. The van der Waals surface area contributed by atoms with E-state index in [0.29, 0.717) is 17.3 Å². The Hall–Kier alpha value is -3.34. The summed E-state index contributed by atoms with van der Waals surface area (Å²) in [6.07, 6.45) is 4.44. The Balaban J connectivity index is 1.34. The van der Waals surface area contributed by atoms with Crippen LogP contribution < -0.4 is 5.32 Å². The highest BCUT2D eigenvalue weighted by Gasteiger charge is 2.16. The quantitative estimate of drug-likeness (QED) is 0.440. The van der Waals surface area contributed by atoms with Gasteiger partial charge in [-0.2, -0.15) is 4.98 Å². The summed E-state index contributed by atoms with van der Waals surface area (Å²) < 4.78 is 39.6. The molecular weight excluding hydrogens is 467 g/mol. The standard InChI is InChI=1S/C25H27FN6O2S/c1-30-11-13-31(14-12-30)17-18-3-5-20(6-4-18)28-25-27-16-19-9-10-32(24(19)29-25)21-7-8-23(22(26)15-21)35(2,33)34/h3-10,15-16H,11-14,17H2,1-2H3,(H,27,28,29). The van der Waals surface area contributed by atoms with Crippen LogP contribution in [0.4, 0.5) is 16.0 Å². The van der Waals surface area contributed by atoms with E-state index in [9.17, 15) is 12.8 Å². The van der Waals surface area contributed by atoms with E-state index < -0.39 is 15.7 Å². The predicted octanol–water partition coefficient (Wildman–Crippen LogP) is 3.45. The first kappa shape index (κ1) is 23.4. The predicted molar refractivity (Wildman–Crippen MR) is 134 cm³/mol. The van der Waals surface area contributed by atoms with Crippen LogP contribution in [0.2, 0.25) is 0 Å². The maximum atomic E-state index is 14.5. The molecule has 0 unspecified atom stereocenters. The summed E-state index contributed by atoms with van der Waals surface area (Å²) in [6.45, 7) is 5.26. The molecule has 0 saturated carbocycles. The van der Waals surface area contributed by atoms with Crippen LogP contribution in [0.15, 0.2) is 65.8 Å². The topological polar surface area (TPSA) is 83.4 Å². The number of likely N-dealkylation sites (N-methyl/N-ethyl adjacent to an activating group) is 1. The lowest BCUT2D eigenvalue weighted by Crippen LogP contribution is -2.43. The molecule has 2 aromatic heterocycles. The number of hydrogen-bond acceptors (Lipinski definition) is 7. The van der Waals surface area contributed by atoms with Crippen molar-refractivity contribution in [3.63, 3.8) is 0 Å². The van der Waals surface area contributed by atoms with E-state index in [2.05, 4.69) is 44.3 Å². The summed E-state index contributed by atoms with van der Waals surface area (Å²) in [6, 6.07) is 14.1. The Labute approximate surface area is 203 Å². The lowest BCUT2D eigenvalue weighted by molar-refractivity contribution is 0.148. The maximum absolute atomic E-state index is 14.5. The van der Waals surface area contributed by atoms with Gasteiger partial charge in [-0.15, -0.1) is 0 Å². The lowest BCUT2D eigenvalue weighted by Gasteiger charge is -2.32. The van der Waals surface area contributed by atoms with Crippen molar-refractivity contribution < 1.29 is 12.8 Å². The minimum absolute atomic E-state index is 0.328. The molecule has 1 saturated heterocycles. The molecule has 2 aromatic carbocycles. The Morgan fingerprint density at radius 2 is 1.77 bits per heavy atom. The second-order valence-corrected chi connectivity index (χ2v) is 10.9. The van der Waals surface area contributed by atoms with Gasteiger partial charge in [0.2, 0.25) is 5.95 Å². The van der Waals surface area contributed by atoms with E-state index >= 15 is 0 Å². The molecule has 10 heteroatoms. The number of piperazine rings is 1. The maximum Gasteiger partial charge on any atom is 0.229 e. The molecule has 8 nitrogen and oxygen atoms in total. The van der Waals surface area contributed by atoms with Crippen molar-refractivity contribution >= 4 is 32.5 Å². The van der Waals surface area contributed by atoms with Gasteiger partial charge in [0, 0.05) is 68.1 Å². The normalized spacial score (nSPS) is 15.5. The summed E-state index contributed by atoms with van der Waals surface area (Å²) in [5.74, 6) is -0.381. The molecule has 4 aromatic rings. The van der Waals surface area contributed by atoms with Gasteiger partial charge >= 0.3 is 0 Å². The van der Waals surface area contributed by atoms with Crippen molar-refractivity contribution in [2.45, 2.75) is 11.4 Å². The second kappa shape index (κ2) is 9.37. The van der Waals surface area contributed by atoms with Crippen LogP contribution in [0.1, 0.15) is 5.56 Å². The number of fused-ring (bicyclic) bond motifs is 1. The van der Waals surface area contributed by atoms with Gasteiger partial charge in [0.15, 0.2) is 9.84 Å². The molecule has 0 aliphatic carbocycles. The zero-order valence-electron chi connectivity index (χ0n) is 19.6. The van der Waals surface area contributed by atoms with Gasteiger partial charge in [-0.25, -0.2) is 17.8 Å². The molecule has 1 fully saturated rings. The minimum atomic E-state index is -3.64. The van der Waals surface area contributed by atoms with E-state index in [1.54, 1.807) is 23.0 Å². The molecule has 1 aliphatic rings. The van der Waals surface area contributed by atoms with Crippen molar-refractivity contribution in [2.75, 3.05) is 44.8 Å². The molecule has 1 N–H and O–H groups in total. The summed E-state index contributed by atoms with van der Waals surface area (Å²) >= 11 is 0. The fraction of sp³-hybridized carbons (Fsp3) is 0.280. The summed E-state index contributed by atoms with van der Waals surface area (Å²) in [5.41, 5.74) is 3.18. The number of nitrogens with one attached hydrogen (secondary N) is 1. The number of benzene rings is 2. The molecule has 0 atom stereocenters. The lowest BCUT2D eigenvalue weighted by atomic mass is 10.2. The molecule has 5 rings (SSSR count). The summed E-state index contributed by atoms with van der Waals surface area (Å²) in [7, 11) is -1.49. The van der Waals surface area contributed by atoms with E-state index in [4.69, 9.17) is 0 Å². The van der Waals surface area contributed by atoms with Gasteiger partial charge in [-0.3, -0.25) is 4.90 Å². The Bertz CT molecular complexity index is 1460. The molecule has 0 radical (unpaired) electrons. The first-order valence-corrected chi connectivity index (χ1v) is 13.3. The third-order valence-corrected chi connectivity index (χ3v) is 7.36. The van der Waals surface area contributed by atoms with Gasteiger partial charge in [-0.1, -0.05) is 12.1 Å². The van der Waals surface area contributed by atoms with Crippen LogP contribution in [0, 0.1) is 5.82 Å². The van der Waals surface area contributed by atoms with Crippen LogP contribution in [0.25, 0.3) is 16.7 Å². The second-order valence-electron chi connectivity index (χ2n) is 8.95. The zero-order chi connectivity index (χ0) is 24.6. The fourth-order valence-corrected chi connectivity index (χ4v) is 4.94. The molecule has 35 heavy (non-hydrogen) atoms. The first-order valence-electron chi connectivity index (χ1n) is 11.4. The van der Waals surface area contributed by atoms with Crippen molar-refractivity contribution in [2.24, 2.45) is 0 Å². The number of aromatic nitrogens is 3. The summed E-state index contributed by atoms with van der Waals surface area (Å²) in [4.78, 5) is 13.5. The first-order chi connectivity index (χ1) is 16.8. The number of sulfone groups is 1. The van der Waals surface area contributed by atoms with Crippen molar-refractivity contribution in [3.8, 4) is 5.69 Å². The monoisotopic (exact) mass is 494 g/mol. The average molecular weight is 495 g/mol. The summed E-state index contributed by atoms with van der Waals surface area (Å²) in [5, 5.41) is 4.02. The van der Waals surface area contributed by atoms with Crippen molar-refractivity contribution in [1.29, 1.82) is 0 Å². The Morgan fingerprint density at radius 1 is 1.03 bits per heavy atom. The molecule has 0 amide bonds. The van der Waals surface area contributed by atoms with Gasteiger partial charge in [0.25, 0.3) is 0 Å². The SMILES string of the molecule is CN1CCN(Cc2ccc(Nc3ncc4ccn(-c5ccc(S(C)(=O)=O)c(F)c5)c4n3)cc2)CC1. The van der Waals surface area contributed by atoms with Crippen LogP contribution >= 0.6 is 0 Å². The van der Waals surface area contributed by atoms with E-state index in [1.165, 1.54) is 17.7 Å². The van der Waals surface area contributed by atoms with Crippen LogP contribution in [-0.2, 0) is 16.4 Å². The molecule has 3 heterocycles. The van der Waals surface area contributed by atoms with Gasteiger partial charge in [0.05, 0.1) is 0 Å². The largest absolute Gasteiger partial charge is 0.324 e. The highest BCUT2D eigenvalue weighted by Crippen LogP contribution is 2.24. The smallest absolute Gasteiger partial charge is 0.229 e. The molecule has 0 bridgehead atoms. The fourth-order valence-electron chi connectivity index (χ4n) is 4.21. The van der Waals surface area contributed by atoms with Crippen molar-refractivity contribution in [1.82, 2.24) is 24.3 Å². The Kier molecular flexibility index (Phi) is 6.26.